The van der Waals surface area contributed by atoms with Crippen LogP contribution in [0.1, 0.15) is 51.8 Å². The Morgan fingerprint density at radius 1 is 1.11 bits per heavy atom. The highest BCUT2D eigenvalue weighted by molar-refractivity contribution is 5.46. The van der Waals surface area contributed by atoms with E-state index in [0.717, 1.165) is 24.1 Å². The zero-order chi connectivity index (χ0) is 14.1. The molecule has 0 aromatic carbocycles. The van der Waals surface area contributed by atoms with Gasteiger partial charge in [0.2, 0.25) is 0 Å². The summed E-state index contributed by atoms with van der Waals surface area (Å²) in [6, 6.07) is 1.83. The molecule has 0 atom stereocenters. The van der Waals surface area contributed by atoms with Gasteiger partial charge in [-0.25, -0.2) is 15.8 Å². The van der Waals surface area contributed by atoms with E-state index in [-0.39, 0.29) is 0 Å². The third kappa shape index (κ3) is 6.96. The predicted molar refractivity (Wildman–Crippen MR) is 81.0 cm³/mol. The molecular weight excluding hydrogens is 238 g/mol. The Morgan fingerprint density at radius 3 is 2.47 bits per heavy atom. The second-order valence-corrected chi connectivity index (χ2v) is 5.35. The summed E-state index contributed by atoms with van der Waals surface area (Å²) >= 11 is 0. The Labute approximate surface area is 116 Å². The number of hydrazine groups is 1. The molecule has 1 heterocycles. The van der Waals surface area contributed by atoms with Crippen molar-refractivity contribution in [3.8, 4) is 0 Å². The number of nitrogens with one attached hydrogen (secondary N) is 2. The number of nitrogens with two attached hydrogens (primary N) is 1. The summed E-state index contributed by atoms with van der Waals surface area (Å²) in [5.74, 6) is 8.38. The molecule has 4 N–H and O–H groups in total. The summed E-state index contributed by atoms with van der Waals surface area (Å²) in [5, 5.41) is 3.31. The normalized spacial score (nSPS) is 10.8. The maximum absolute atomic E-state index is 5.35. The average Bonchev–Trinajstić information content (AvgIpc) is 2.36. The van der Waals surface area contributed by atoms with Crippen LogP contribution in [0.15, 0.2) is 6.07 Å². The molecule has 0 radical (unpaired) electrons. The Hall–Kier alpha value is -1.36. The van der Waals surface area contributed by atoms with Gasteiger partial charge in [-0.1, -0.05) is 39.5 Å². The van der Waals surface area contributed by atoms with Crippen LogP contribution in [0.25, 0.3) is 0 Å². The lowest BCUT2D eigenvalue weighted by Gasteiger charge is -2.08. The molecule has 0 aliphatic carbocycles. The molecule has 0 spiro atoms. The summed E-state index contributed by atoms with van der Waals surface area (Å²) in [5.41, 5.74) is 2.55. The number of rotatable bonds is 9. The van der Waals surface area contributed by atoms with Crippen LogP contribution in [0.5, 0.6) is 0 Å². The molecule has 5 heteroatoms. The number of unbranched alkanes of at least 4 members (excludes halogenated alkanes) is 3. The predicted octanol–water partition coefficient (Wildman–Crippen LogP) is 3.09. The standard InChI is InChI=1S/C14H27N5/c1-11(2)8-6-4-5-7-9-16-13-10-14(19-15)18-12(3)17-13/h10-11H,4-9,15H2,1-3H3,(H2,16,17,18,19). The van der Waals surface area contributed by atoms with Gasteiger partial charge in [0.1, 0.15) is 17.5 Å². The highest BCUT2D eigenvalue weighted by Crippen LogP contribution is 2.11. The zero-order valence-electron chi connectivity index (χ0n) is 12.4. The van der Waals surface area contributed by atoms with Crippen LogP contribution < -0.4 is 16.6 Å². The van der Waals surface area contributed by atoms with Gasteiger partial charge in [0.25, 0.3) is 0 Å². The quantitative estimate of drug-likeness (QED) is 0.363. The molecule has 0 saturated heterocycles. The molecular formula is C14H27N5. The molecule has 0 bridgehead atoms. The minimum atomic E-state index is 0.645. The SMILES string of the molecule is Cc1nc(NN)cc(NCCCCCCC(C)C)n1. The molecule has 0 aliphatic rings. The molecule has 0 unspecified atom stereocenters. The monoisotopic (exact) mass is 265 g/mol. The van der Waals surface area contributed by atoms with Crippen LogP contribution in [0.4, 0.5) is 11.6 Å². The van der Waals surface area contributed by atoms with E-state index in [1.54, 1.807) is 0 Å². The van der Waals surface area contributed by atoms with Gasteiger partial charge >= 0.3 is 0 Å². The third-order valence-corrected chi connectivity index (χ3v) is 3.00. The van der Waals surface area contributed by atoms with Crippen LogP contribution >= 0.6 is 0 Å². The van der Waals surface area contributed by atoms with Gasteiger partial charge < -0.3 is 10.7 Å². The van der Waals surface area contributed by atoms with E-state index in [1.807, 2.05) is 13.0 Å². The number of aryl methyl sites for hydroxylation is 1. The maximum atomic E-state index is 5.35. The molecule has 0 amide bonds. The molecule has 5 nitrogen and oxygen atoms in total. The van der Waals surface area contributed by atoms with Gasteiger partial charge in [0.15, 0.2) is 0 Å². The van der Waals surface area contributed by atoms with E-state index in [9.17, 15) is 0 Å². The van der Waals surface area contributed by atoms with Crippen molar-refractivity contribution in [2.24, 2.45) is 11.8 Å². The average molecular weight is 265 g/mol. The highest BCUT2D eigenvalue weighted by atomic mass is 15.3. The number of hydrogen-bond acceptors (Lipinski definition) is 5. The minimum Gasteiger partial charge on any atom is -0.370 e. The van der Waals surface area contributed by atoms with Crippen LogP contribution in [0, 0.1) is 12.8 Å². The number of nitrogens with zero attached hydrogens (tertiary/aromatic N) is 2. The second kappa shape index (κ2) is 8.69. The lowest BCUT2D eigenvalue weighted by molar-refractivity contribution is 0.523. The number of hydrogen-bond donors (Lipinski definition) is 3. The van der Waals surface area contributed by atoms with E-state index in [1.165, 1.54) is 32.1 Å². The molecule has 1 aromatic heterocycles. The number of anilines is 2. The number of aromatic nitrogens is 2. The van der Waals surface area contributed by atoms with Gasteiger partial charge in [-0.15, -0.1) is 0 Å². The largest absolute Gasteiger partial charge is 0.370 e. The fourth-order valence-electron chi connectivity index (χ4n) is 1.98. The van der Waals surface area contributed by atoms with Gasteiger partial charge in [-0.3, -0.25) is 0 Å². The first-order valence-electron chi connectivity index (χ1n) is 7.18. The first kappa shape index (κ1) is 15.7. The first-order valence-corrected chi connectivity index (χ1v) is 7.18. The highest BCUT2D eigenvalue weighted by Gasteiger charge is 2.00. The van der Waals surface area contributed by atoms with E-state index >= 15 is 0 Å². The topological polar surface area (TPSA) is 75.9 Å². The molecule has 0 fully saturated rings. The van der Waals surface area contributed by atoms with Crippen molar-refractivity contribution in [1.29, 1.82) is 0 Å². The molecule has 0 aliphatic heterocycles. The van der Waals surface area contributed by atoms with Crippen molar-refractivity contribution in [1.82, 2.24) is 9.97 Å². The second-order valence-electron chi connectivity index (χ2n) is 5.35. The summed E-state index contributed by atoms with van der Waals surface area (Å²) < 4.78 is 0. The minimum absolute atomic E-state index is 0.645. The molecule has 19 heavy (non-hydrogen) atoms. The van der Waals surface area contributed by atoms with Crippen LogP contribution in [0.2, 0.25) is 0 Å². The van der Waals surface area contributed by atoms with Crippen molar-refractivity contribution in [2.75, 3.05) is 17.3 Å². The van der Waals surface area contributed by atoms with Gasteiger partial charge in [-0.2, -0.15) is 0 Å². The molecule has 108 valence electrons. The van der Waals surface area contributed by atoms with E-state index in [2.05, 4.69) is 34.6 Å². The first-order chi connectivity index (χ1) is 9.11. The van der Waals surface area contributed by atoms with Gasteiger partial charge in [-0.05, 0) is 19.3 Å². The fourth-order valence-corrected chi connectivity index (χ4v) is 1.98. The summed E-state index contributed by atoms with van der Waals surface area (Å²) in [6.45, 7) is 7.37. The van der Waals surface area contributed by atoms with Gasteiger partial charge in [0, 0.05) is 12.6 Å². The fraction of sp³-hybridized carbons (Fsp3) is 0.714. The maximum Gasteiger partial charge on any atom is 0.145 e. The summed E-state index contributed by atoms with van der Waals surface area (Å²) in [4.78, 5) is 8.47. The Kier molecular flexibility index (Phi) is 7.18. The zero-order valence-corrected chi connectivity index (χ0v) is 12.4. The third-order valence-electron chi connectivity index (χ3n) is 3.00. The molecule has 0 saturated carbocycles. The van der Waals surface area contributed by atoms with Crippen molar-refractivity contribution in [2.45, 2.75) is 52.9 Å². The lowest BCUT2D eigenvalue weighted by Crippen LogP contribution is -2.11. The molecule has 1 aromatic rings. The Balaban J connectivity index is 2.17. The van der Waals surface area contributed by atoms with Crippen molar-refractivity contribution >= 4 is 11.6 Å². The van der Waals surface area contributed by atoms with Crippen LogP contribution in [-0.4, -0.2) is 16.5 Å². The number of nitrogen functional groups attached to an aromatic ring is 1. The van der Waals surface area contributed by atoms with Crippen molar-refractivity contribution < 1.29 is 0 Å². The summed E-state index contributed by atoms with van der Waals surface area (Å²) in [7, 11) is 0. The van der Waals surface area contributed by atoms with E-state index < -0.39 is 0 Å². The van der Waals surface area contributed by atoms with Crippen LogP contribution in [-0.2, 0) is 0 Å². The molecule has 1 rings (SSSR count). The Bertz CT molecular complexity index is 365. The van der Waals surface area contributed by atoms with Crippen molar-refractivity contribution in [3.63, 3.8) is 0 Å². The van der Waals surface area contributed by atoms with Gasteiger partial charge in [0.05, 0.1) is 0 Å². The summed E-state index contributed by atoms with van der Waals surface area (Å²) in [6.07, 6.45) is 6.44. The van der Waals surface area contributed by atoms with E-state index in [4.69, 9.17) is 5.84 Å². The smallest absolute Gasteiger partial charge is 0.145 e. The lowest BCUT2D eigenvalue weighted by atomic mass is 10.0. The Morgan fingerprint density at radius 2 is 1.79 bits per heavy atom. The van der Waals surface area contributed by atoms with Crippen molar-refractivity contribution in [3.05, 3.63) is 11.9 Å². The van der Waals surface area contributed by atoms with E-state index in [0.29, 0.717) is 5.82 Å². The van der Waals surface area contributed by atoms with Crippen LogP contribution in [0.3, 0.4) is 0 Å².